The molecule has 21 heavy (non-hydrogen) atoms. The predicted molar refractivity (Wildman–Crippen MR) is 71.3 cm³/mol. The molecule has 5 nitrogen and oxygen atoms in total. The van der Waals surface area contributed by atoms with Gasteiger partial charge in [0.05, 0.1) is 13.7 Å². The third-order valence-electron chi connectivity index (χ3n) is 3.45. The number of hydrogen-bond donors (Lipinski definition) is 1. The van der Waals surface area contributed by atoms with Gasteiger partial charge < -0.3 is 14.6 Å². The van der Waals surface area contributed by atoms with Crippen molar-refractivity contribution in [3.05, 3.63) is 29.1 Å². The minimum atomic E-state index is -0.509. The van der Waals surface area contributed by atoms with Gasteiger partial charge in [-0.25, -0.2) is 4.39 Å². The molecule has 0 amide bonds. The molecule has 1 heterocycles. The van der Waals surface area contributed by atoms with Crippen molar-refractivity contribution in [2.45, 2.75) is 38.4 Å². The van der Waals surface area contributed by atoms with Crippen LogP contribution >= 0.6 is 0 Å². The smallest absolute Gasteiger partial charge is 0.313 e. The second kappa shape index (κ2) is 6.67. The quantitative estimate of drug-likeness (QED) is 0.659. The Bertz CT molecular complexity index is 539. The van der Waals surface area contributed by atoms with Crippen molar-refractivity contribution in [1.29, 1.82) is 0 Å². The molecule has 6 heteroatoms. The summed E-state index contributed by atoms with van der Waals surface area (Å²) in [6.07, 6.45) is 0.400. The number of methoxy groups -OCH3 is 1. The standard InChI is InChI=1S/C15H17FO5/c1-20-14-5-10(8-17)13(16)4-9(14)2-3-12-6-11(18)7-15(19)21-12/h4-5,12,17H,2-3,6-8H2,1H3. The van der Waals surface area contributed by atoms with Gasteiger partial charge in [-0.2, -0.15) is 0 Å². The van der Waals surface area contributed by atoms with Gasteiger partial charge in [-0.15, -0.1) is 0 Å². The fourth-order valence-corrected chi connectivity index (χ4v) is 2.38. The summed E-state index contributed by atoms with van der Waals surface area (Å²) in [7, 11) is 1.46. The van der Waals surface area contributed by atoms with E-state index in [4.69, 9.17) is 14.6 Å². The van der Waals surface area contributed by atoms with Crippen LogP contribution in [0, 0.1) is 5.82 Å². The lowest BCUT2D eigenvalue weighted by molar-refractivity contribution is -0.157. The second-order valence-corrected chi connectivity index (χ2v) is 4.98. The topological polar surface area (TPSA) is 72.8 Å². The summed E-state index contributed by atoms with van der Waals surface area (Å²) in [6, 6.07) is 2.75. The molecule has 1 aromatic rings. The van der Waals surface area contributed by atoms with Crippen LogP contribution in [0.15, 0.2) is 12.1 Å². The summed E-state index contributed by atoms with van der Waals surface area (Å²) >= 11 is 0. The maximum absolute atomic E-state index is 13.7. The molecule has 114 valence electrons. The van der Waals surface area contributed by atoms with Gasteiger partial charge >= 0.3 is 5.97 Å². The molecule has 2 rings (SSSR count). The maximum Gasteiger partial charge on any atom is 0.313 e. The second-order valence-electron chi connectivity index (χ2n) is 4.98. The van der Waals surface area contributed by atoms with Crippen molar-refractivity contribution in [1.82, 2.24) is 0 Å². The van der Waals surface area contributed by atoms with Gasteiger partial charge in [-0.05, 0) is 30.5 Å². The molecule has 1 aliphatic rings. The highest BCUT2D eigenvalue weighted by Crippen LogP contribution is 2.26. The van der Waals surface area contributed by atoms with E-state index in [1.807, 2.05) is 0 Å². The number of ketones is 1. The molecule has 0 spiro atoms. The van der Waals surface area contributed by atoms with Crippen LogP contribution in [0.3, 0.4) is 0 Å². The van der Waals surface area contributed by atoms with Crippen LogP contribution in [0.25, 0.3) is 0 Å². The molecule has 1 unspecified atom stereocenters. The van der Waals surface area contributed by atoms with E-state index in [9.17, 15) is 14.0 Å². The van der Waals surface area contributed by atoms with Crippen LogP contribution in [-0.2, 0) is 27.4 Å². The first-order valence-electron chi connectivity index (χ1n) is 6.70. The van der Waals surface area contributed by atoms with Crippen molar-refractivity contribution < 1.29 is 28.6 Å². The Morgan fingerprint density at radius 3 is 2.76 bits per heavy atom. The number of aryl methyl sites for hydroxylation is 1. The number of carbonyl (C=O) groups excluding carboxylic acids is 2. The average Bonchev–Trinajstić information content (AvgIpc) is 2.44. The fourth-order valence-electron chi connectivity index (χ4n) is 2.38. The SMILES string of the molecule is COc1cc(CO)c(F)cc1CCC1CC(=O)CC(=O)O1. The molecule has 1 aromatic carbocycles. The number of rotatable bonds is 5. The number of hydrogen-bond acceptors (Lipinski definition) is 5. The van der Waals surface area contributed by atoms with E-state index in [-0.39, 0.29) is 24.2 Å². The Balaban J connectivity index is 2.07. The first-order valence-corrected chi connectivity index (χ1v) is 6.70. The molecule has 0 saturated carbocycles. The van der Waals surface area contributed by atoms with Crippen LogP contribution in [0.2, 0.25) is 0 Å². The van der Waals surface area contributed by atoms with Crippen LogP contribution in [0.5, 0.6) is 5.75 Å². The lowest BCUT2D eigenvalue weighted by Crippen LogP contribution is -2.30. The van der Waals surface area contributed by atoms with Gasteiger partial charge in [0.1, 0.15) is 29.9 Å². The van der Waals surface area contributed by atoms with Crippen LogP contribution in [0.1, 0.15) is 30.4 Å². The fraction of sp³-hybridized carbons (Fsp3) is 0.467. The number of aliphatic hydroxyl groups excluding tert-OH is 1. The van der Waals surface area contributed by atoms with Gasteiger partial charge in [0.25, 0.3) is 0 Å². The number of ether oxygens (including phenoxy) is 2. The highest BCUT2D eigenvalue weighted by Gasteiger charge is 2.26. The van der Waals surface area contributed by atoms with Crippen molar-refractivity contribution in [3.63, 3.8) is 0 Å². The lowest BCUT2D eigenvalue weighted by Gasteiger charge is -2.21. The van der Waals surface area contributed by atoms with Crippen molar-refractivity contribution in [2.75, 3.05) is 7.11 Å². The Labute approximate surface area is 121 Å². The van der Waals surface area contributed by atoms with E-state index in [0.29, 0.717) is 24.2 Å². The predicted octanol–water partition coefficient (Wildman–Crippen LogP) is 1.53. The molecule has 1 fully saturated rings. The average molecular weight is 296 g/mol. The Kier molecular flexibility index (Phi) is 4.90. The molecule has 1 N–H and O–H groups in total. The summed E-state index contributed by atoms with van der Waals surface area (Å²) in [6.45, 7) is -0.406. The van der Waals surface area contributed by atoms with Gasteiger partial charge in [-0.1, -0.05) is 0 Å². The minimum Gasteiger partial charge on any atom is -0.496 e. The number of cyclic esters (lactones) is 1. The number of benzene rings is 1. The van der Waals surface area contributed by atoms with E-state index in [1.165, 1.54) is 19.2 Å². The zero-order valence-corrected chi connectivity index (χ0v) is 11.7. The zero-order valence-electron chi connectivity index (χ0n) is 11.7. The normalized spacial score (nSPS) is 18.5. The minimum absolute atomic E-state index is 0.134. The number of esters is 1. The molecule has 0 bridgehead atoms. The molecular formula is C15H17FO5. The van der Waals surface area contributed by atoms with Gasteiger partial charge in [0, 0.05) is 12.0 Å². The van der Waals surface area contributed by atoms with Gasteiger partial charge in [0.15, 0.2) is 0 Å². The van der Waals surface area contributed by atoms with Crippen LogP contribution < -0.4 is 4.74 Å². The molecule has 0 radical (unpaired) electrons. The van der Waals surface area contributed by atoms with Crippen LogP contribution in [-0.4, -0.2) is 30.1 Å². The van der Waals surface area contributed by atoms with Gasteiger partial charge in [0.2, 0.25) is 0 Å². The number of carbonyl (C=O) groups is 2. The summed E-state index contributed by atoms with van der Waals surface area (Å²) in [4.78, 5) is 22.5. The molecule has 0 aliphatic carbocycles. The summed E-state index contributed by atoms with van der Waals surface area (Å²) in [5.41, 5.74) is 0.774. The largest absolute Gasteiger partial charge is 0.496 e. The monoisotopic (exact) mass is 296 g/mol. The van der Waals surface area contributed by atoms with Crippen LogP contribution in [0.4, 0.5) is 4.39 Å². The Morgan fingerprint density at radius 2 is 2.14 bits per heavy atom. The molecule has 1 atom stereocenters. The number of halogens is 1. The summed E-state index contributed by atoms with van der Waals surface area (Å²) < 4.78 is 24.0. The van der Waals surface area contributed by atoms with E-state index < -0.39 is 24.5 Å². The Morgan fingerprint density at radius 1 is 1.38 bits per heavy atom. The maximum atomic E-state index is 13.7. The van der Waals surface area contributed by atoms with Gasteiger partial charge in [-0.3, -0.25) is 9.59 Å². The summed E-state index contributed by atoms with van der Waals surface area (Å²) in [5.74, 6) is -0.686. The lowest BCUT2D eigenvalue weighted by atomic mass is 9.99. The van der Waals surface area contributed by atoms with E-state index in [0.717, 1.165) is 0 Å². The molecule has 1 saturated heterocycles. The number of aliphatic hydroxyl groups is 1. The van der Waals surface area contributed by atoms with E-state index in [1.54, 1.807) is 0 Å². The molecular weight excluding hydrogens is 279 g/mol. The molecule has 1 aliphatic heterocycles. The highest BCUT2D eigenvalue weighted by atomic mass is 19.1. The van der Waals surface area contributed by atoms with Crippen molar-refractivity contribution in [2.24, 2.45) is 0 Å². The molecule has 0 aromatic heterocycles. The first kappa shape index (κ1) is 15.4. The van der Waals surface area contributed by atoms with Crippen molar-refractivity contribution in [3.8, 4) is 5.75 Å². The summed E-state index contributed by atoms with van der Waals surface area (Å²) in [5, 5.41) is 9.03. The Hall–Kier alpha value is -1.95. The number of Topliss-reactive ketones (excluding diaryl/α,β-unsaturated/α-hetero) is 1. The highest BCUT2D eigenvalue weighted by molar-refractivity contribution is 5.97. The third kappa shape index (κ3) is 3.78. The van der Waals surface area contributed by atoms with E-state index >= 15 is 0 Å². The zero-order chi connectivity index (χ0) is 15.4. The van der Waals surface area contributed by atoms with Crippen molar-refractivity contribution >= 4 is 11.8 Å². The third-order valence-corrected chi connectivity index (χ3v) is 3.45. The first-order chi connectivity index (χ1) is 10.0. The van der Waals surface area contributed by atoms with E-state index in [2.05, 4.69) is 0 Å².